The van der Waals surface area contributed by atoms with Crippen molar-refractivity contribution in [3.63, 3.8) is 0 Å². The summed E-state index contributed by atoms with van der Waals surface area (Å²) in [5, 5.41) is 2.97. The van der Waals surface area contributed by atoms with Gasteiger partial charge in [0, 0.05) is 12.7 Å². The third-order valence-corrected chi connectivity index (χ3v) is 4.05. The van der Waals surface area contributed by atoms with Crippen molar-refractivity contribution in [3.8, 4) is 5.88 Å². The zero-order chi connectivity index (χ0) is 15.3. The van der Waals surface area contributed by atoms with Crippen LogP contribution in [0.1, 0.15) is 46.0 Å². The number of carbonyl (C=O) groups excluding carboxylic acids is 1. The predicted molar refractivity (Wildman–Crippen MR) is 83.2 cm³/mol. The number of aromatic nitrogens is 1. The Hall–Kier alpha value is -1.62. The molecule has 0 saturated heterocycles. The van der Waals surface area contributed by atoms with Crippen LogP contribution in [0, 0.1) is 5.41 Å². The molecule has 1 aliphatic rings. The molecule has 1 aromatic rings. The van der Waals surface area contributed by atoms with Crippen LogP contribution in [-0.4, -0.2) is 23.5 Å². The maximum Gasteiger partial charge on any atom is 0.238 e. The Balaban J connectivity index is 2.15. The molecule has 1 fully saturated rings. The van der Waals surface area contributed by atoms with Crippen LogP contribution in [0.15, 0.2) is 18.3 Å². The van der Waals surface area contributed by atoms with E-state index in [1.165, 1.54) is 6.42 Å². The van der Waals surface area contributed by atoms with Gasteiger partial charge in [-0.25, -0.2) is 4.98 Å². The molecule has 5 nitrogen and oxygen atoms in total. The second-order valence-electron chi connectivity index (χ2n) is 6.02. The zero-order valence-electron chi connectivity index (χ0n) is 12.9. The molecule has 0 aromatic carbocycles. The summed E-state index contributed by atoms with van der Waals surface area (Å²) in [5.74, 6) is 0.454. The Morgan fingerprint density at radius 2 is 2.14 bits per heavy atom. The van der Waals surface area contributed by atoms with Gasteiger partial charge in [-0.1, -0.05) is 19.3 Å². The highest BCUT2D eigenvalue weighted by atomic mass is 16.5. The minimum atomic E-state index is -0.441. The molecule has 0 spiro atoms. The number of pyridine rings is 1. The molecule has 116 valence electrons. The van der Waals surface area contributed by atoms with Crippen molar-refractivity contribution in [3.05, 3.63) is 18.3 Å². The molecule has 2 rings (SSSR count). The molecule has 0 atom stereocenters. The van der Waals surface area contributed by atoms with Crippen LogP contribution < -0.4 is 15.8 Å². The van der Waals surface area contributed by atoms with Crippen LogP contribution in [0.2, 0.25) is 0 Å². The summed E-state index contributed by atoms with van der Waals surface area (Å²) in [4.78, 5) is 16.9. The third-order valence-electron chi connectivity index (χ3n) is 4.05. The standard InChI is InChI=1S/C16H25N3O2/c1-12(2)21-14-13(7-6-10-18-14)19-15(20)16(11-17)8-4-3-5-9-16/h6-7,10,12H,3-5,8-9,11,17H2,1-2H3,(H,19,20). The average Bonchev–Trinajstić information content (AvgIpc) is 2.49. The fourth-order valence-electron chi connectivity index (χ4n) is 2.81. The fourth-order valence-corrected chi connectivity index (χ4v) is 2.81. The molecular formula is C16H25N3O2. The second-order valence-corrected chi connectivity index (χ2v) is 6.02. The van der Waals surface area contributed by atoms with E-state index in [0.717, 1.165) is 25.7 Å². The van der Waals surface area contributed by atoms with Gasteiger partial charge in [-0.05, 0) is 38.8 Å². The van der Waals surface area contributed by atoms with E-state index in [2.05, 4.69) is 10.3 Å². The van der Waals surface area contributed by atoms with Crippen LogP contribution in [0.25, 0.3) is 0 Å². The van der Waals surface area contributed by atoms with Gasteiger partial charge < -0.3 is 15.8 Å². The fraction of sp³-hybridized carbons (Fsp3) is 0.625. The number of nitrogens with two attached hydrogens (primary N) is 1. The van der Waals surface area contributed by atoms with E-state index in [9.17, 15) is 4.79 Å². The summed E-state index contributed by atoms with van der Waals surface area (Å²) in [6.07, 6.45) is 6.69. The number of amides is 1. The molecule has 0 bridgehead atoms. The van der Waals surface area contributed by atoms with Gasteiger partial charge >= 0.3 is 0 Å². The highest BCUT2D eigenvalue weighted by Gasteiger charge is 2.38. The Bertz CT molecular complexity index is 482. The quantitative estimate of drug-likeness (QED) is 0.874. The molecule has 3 N–H and O–H groups in total. The van der Waals surface area contributed by atoms with E-state index >= 15 is 0 Å². The normalized spacial score (nSPS) is 17.5. The SMILES string of the molecule is CC(C)Oc1ncccc1NC(=O)C1(CN)CCCCC1. The number of rotatable bonds is 5. The number of ether oxygens (including phenoxy) is 1. The van der Waals surface area contributed by atoms with E-state index in [-0.39, 0.29) is 12.0 Å². The largest absolute Gasteiger partial charge is 0.473 e. The molecular weight excluding hydrogens is 266 g/mol. The molecule has 0 radical (unpaired) electrons. The molecule has 1 amide bonds. The average molecular weight is 291 g/mol. The van der Waals surface area contributed by atoms with Gasteiger partial charge in [0.2, 0.25) is 11.8 Å². The van der Waals surface area contributed by atoms with Crippen molar-refractivity contribution in [2.75, 3.05) is 11.9 Å². The van der Waals surface area contributed by atoms with Crippen LogP contribution in [-0.2, 0) is 4.79 Å². The molecule has 1 aromatic heterocycles. The topological polar surface area (TPSA) is 77.2 Å². The lowest BCUT2D eigenvalue weighted by molar-refractivity contribution is -0.126. The Labute approximate surface area is 126 Å². The minimum Gasteiger partial charge on any atom is -0.473 e. The van der Waals surface area contributed by atoms with E-state index < -0.39 is 5.41 Å². The van der Waals surface area contributed by atoms with Crippen molar-refractivity contribution < 1.29 is 9.53 Å². The monoisotopic (exact) mass is 291 g/mol. The summed E-state index contributed by atoms with van der Waals surface area (Å²) in [6.45, 7) is 4.26. The predicted octanol–water partition coefficient (Wildman–Crippen LogP) is 2.72. The van der Waals surface area contributed by atoms with Gasteiger partial charge in [0.15, 0.2) is 0 Å². The molecule has 0 aliphatic heterocycles. The van der Waals surface area contributed by atoms with Crippen molar-refractivity contribution >= 4 is 11.6 Å². The summed E-state index contributed by atoms with van der Waals surface area (Å²) in [5.41, 5.74) is 6.08. The third kappa shape index (κ3) is 3.73. The molecule has 1 aliphatic carbocycles. The van der Waals surface area contributed by atoms with Gasteiger partial charge in [-0.3, -0.25) is 4.79 Å². The lowest BCUT2D eigenvalue weighted by atomic mass is 9.73. The van der Waals surface area contributed by atoms with Crippen LogP contribution in [0.5, 0.6) is 5.88 Å². The smallest absolute Gasteiger partial charge is 0.238 e. The van der Waals surface area contributed by atoms with Crippen LogP contribution in [0.3, 0.4) is 0 Å². The van der Waals surface area contributed by atoms with Gasteiger partial charge in [0.05, 0.1) is 11.5 Å². The molecule has 21 heavy (non-hydrogen) atoms. The van der Waals surface area contributed by atoms with E-state index in [0.29, 0.717) is 18.1 Å². The first-order valence-corrected chi connectivity index (χ1v) is 7.70. The van der Waals surface area contributed by atoms with E-state index in [1.807, 2.05) is 19.9 Å². The number of nitrogens with one attached hydrogen (secondary N) is 1. The van der Waals surface area contributed by atoms with Gasteiger partial charge in [0.1, 0.15) is 5.69 Å². The molecule has 1 saturated carbocycles. The molecule has 1 heterocycles. The number of hydrogen-bond acceptors (Lipinski definition) is 4. The maximum atomic E-state index is 12.7. The first-order valence-electron chi connectivity index (χ1n) is 7.70. The first kappa shape index (κ1) is 15.8. The summed E-state index contributed by atoms with van der Waals surface area (Å²) < 4.78 is 5.64. The van der Waals surface area contributed by atoms with Crippen molar-refractivity contribution in [2.24, 2.45) is 11.1 Å². The van der Waals surface area contributed by atoms with Gasteiger partial charge in [-0.15, -0.1) is 0 Å². The number of nitrogens with zero attached hydrogens (tertiary/aromatic N) is 1. The summed E-state index contributed by atoms with van der Waals surface area (Å²) >= 11 is 0. The number of anilines is 1. The van der Waals surface area contributed by atoms with E-state index in [4.69, 9.17) is 10.5 Å². The van der Waals surface area contributed by atoms with Crippen molar-refractivity contribution in [2.45, 2.75) is 52.1 Å². The van der Waals surface area contributed by atoms with Crippen LogP contribution in [0.4, 0.5) is 5.69 Å². The van der Waals surface area contributed by atoms with Crippen LogP contribution >= 0.6 is 0 Å². The Morgan fingerprint density at radius 1 is 1.43 bits per heavy atom. The zero-order valence-corrected chi connectivity index (χ0v) is 12.9. The van der Waals surface area contributed by atoms with Crippen molar-refractivity contribution in [1.29, 1.82) is 0 Å². The van der Waals surface area contributed by atoms with Crippen molar-refractivity contribution in [1.82, 2.24) is 4.98 Å². The molecule has 5 heteroatoms. The second kappa shape index (κ2) is 6.89. The first-order chi connectivity index (χ1) is 10.1. The maximum absolute atomic E-state index is 12.7. The van der Waals surface area contributed by atoms with E-state index in [1.54, 1.807) is 12.3 Å². The summed E-state index contributed by atoms with van der Waals surface area (Å²) in [7, 11) is 0. The molecule has 0 unspecified atom stereocenters. The summed E-state index contributed by atoms with van der Waals surface area (Å²) in [6, 6.07) is 3.61. The number of hydrogen-bond donors (Lipinski definition) is 2. The lowest BCUT2D eigenvalue weighted by Gasteiger charge is -2.34. The highest BCUT2D eigenvalue weighted by Crippen LogP contribution is 2.37. The van der Waals surface area contributed by atoms with Gasteiger partial charge in [-0.2, -0.15) is 0 Å². The van der Waals surface area contributed by atoms with Gasteiger partial charge in [0.25, 0.3) is 0 Å². The minimum absolute atomic E-state index is 0.00805. The Kier molecular flexibility index (Phi) is 5.17. The Morgan fingerprint density at radius 3 is 2.76 bits per heavy atom. The highest BCUT2D eigenvalue weighted by molar-refractivity contribution is 5.96. The number of carbonyl (C=O) groups is 1. The lowest BCUT2D eigenvalue weighted by Crippen LogP contribution is -2.43.